The number of fused-ring (bicyclic) bond motifs is 12. The van der Waals surface area contributed by atoms with Gasteiger partial charge >= 0.3 is 0 Å². The topological polar surface area (TPSA) is 61.7 Å². The smallest absolute Gasteiger partial charge is 0.238 e. The third-order valence-corrected chi connectivity index (χ3v) is 11.0. The van der Waals surface area contributed by atoms with Gasteiger partial charge < -0.3 is 8.98 Å². The number of furan rings is 1. The van der Waals surface area contributed by atoms with Gasteiger partial charge in [0.05, 0.1) is 22.1 Å². The van der Waals surface area contributed by atoms with Crippen molar-refractivity contribution in [3.8, 4) is 34.4 Å². The normalized spacial score (nSPS) is 12.0. The molecule has 256 valence electrons. The highest BCUT2D eigenvalue weighted by Crippen LogP contribution is 2.44. The van der Waals surface area contributed by atoms with E-state index in [-0.39, 0.29) is 0 Å². The molecule has 0 N–H and O–H groups in total. The number of rotatable bonds is 4. The van der Waals surface area contributed by atoms with Gasteiger partial charge in [0.25, 0.3) is 0 Å². The van der Waals surface area contributed by atoms with Gasteiger partial charge in [0, 0.05) is 49.1 Å². The highest BCUT2D eigenvalue weighted by atomic mass is 16.3. The number of benzene rings is 8. The van der Waals surface area contributed by atoms with Crippen LogP contribution >= 0.6 is 0 Å². The Morgan fingerprint density at radius 2 is 0.964 bits per heavy atom. The van der Waals surface area contributed by atoms with Crippen LogP contribution in [0.5, 0.6) is 0 Å². The van der Waals surface area contributed by atoms with Gasteiger partial charge in [-0.15, -0.1) is 0 Å². The lowest BCUT2D eigenvalue weighted by molar-refractivity contribution is 0.669. The molecular formula is C49H29N5O. The predicted octanol–water partition coefficient (Wildman–Crippen LogP) is 12.5. The molecule has 0 aliphatic rings. The van der Waals surface area contributed by atoms with Crippen LogP contribution in [0.4, 0.5) is 0 Å². The Hall–Kier alpha value is -7.57. The van der Waals surface area contributed by atoms with Crippen molar-refractivity contribution in [3.05, 3.63) is 176 Å². The largest absolute Gasteiger partial charge is 0.456 e. The Kier molecular flexibility index (Phi) is 6.24. The lowest BCUT2D eigenvalue weighted by atomic mass is 10.0. The Balaban J connectivity index is 1.19. The zero-order valence-corrected chi connectivity index (χ0v) is 29.4. The van der Waals surface area contributed by atoms with E-state index in [0.717, 1.165) is 66.1 Å². The molecule has 0 spiro atoms. The molecule has 6 nitrogen and oxygen atoms in total. The van der Waals surface area contributed by atoms with Crippen LogP contribution in [0.15, 0.2) is 180 Å². The second kappa shape index (κ2) is 11.5. The van der Waals surface area contributed by atoms with Crippen LogP contribution < -0.4 is 0 Å². The van der Waals surface area contributed by atoms with E-state index in [1.807, 2.05) is 54.6 Å². The first-order chi connectivity index (χ1) is 27.3. The fourth-order valence-electron chi connectivity index (χ4n) is 8.57. The Morgan fingerprint density at radius 3 is 1.80 bits per heavy atom. The monoisotopic (exact) mass is 703 g/mol. The van der Waals surface area contributed by atoms with E-state index in [1.54, 1.807) is 0 Å². The molecule has 0 unspecified atom stereocenters. The van der Waals surface area contributed by atoms with Gasteiger partial charge in [0.2, 0.25) is 5.95 Å². The van der Waals surface area contributed by atoms with Crippen LogP contribution in [0.1, 0.15) is 0 Å². The summed E-state index contributed by atoms with van der Waals surface area (Å²) < 4.78 is 10.9. The van der Waals surface area contributed by atoms with Crippen molar-refractivity contribution in [1.29, 1.82) is 0 Å². The molecule has 0 saturated heterocycles. The van der Waals surface area contributed by atoms with Crippen molar-refractivity contribution in [2.45, 2.75) is 0 Å². The maximum absolute atomic E-state index is 6.31. The van der Waals surface area contributed by atoms with Gasteiger partial charge in [-0.2, -0.15) is 9.97 Å². The van der Waals surface area contributed by atoms with Crippen molar-refractivity contribution in [3.63, 3.8) is 0 Å². The number of hydrogen-bond donors (Lipinski definition) is 0. The van der Waals surface area contributed by atoms with Crippen LogP contribution in [0.2, 0.25) is 0 Å². The predicted molar refractivity (Wildman–Crippen MR) is 224 cm³/mol. The van der Waals surface area contributed by atoms with E-state index >= 15 is 0 Å². The van der Waals surface area contributed by atoms with Crippen molar-refractivity contribution in [2.75, 3.05) is 0 Å². The van der Waals surface area contributed by atoms with Gasteiger partial charge in [-0.25, -0.2) is 4.98 Å². The first kappa shape index (κ1) is 29.9. The average molecular weight is 704 g/mol. The Labute approximate surface area is 314 Å². The van der Waals surface area contributed by atoms with E-state index in [2.05, 4.69) is 130 Å². The van der Waals surface area contributed by atoms with Crippen LogP contribution in [0, 0.1) is 0 Å². The fourth-order valence-corrected chi connectivity index (χ4v) is 8.57. The van der Waals surface area contributed by atoms with E-state index < -0.39 is 0 Å². The average Bonchev–Trinajstić information content (AvgIpc) is 3.91. The molecule has 6 heteroatoms. The van der Waals surface area contributed by atoms with Gasteiger partial charge in [-0.05, 0) is 65.4 Å². The quantitative estimate of drug-likeness (QED) is 0.183. The molecule has 0 amide bonds. The Morgan fingerprint density at radius 1 is 0.364 bits per heavy atom. The van der Waals surface area contributed by atoms with Crippen molar-refractivity contribution in [2.24, 2.45) is 0 Å². The summed E-state index contributed by atoms with van der Waals surface area (Å²) in [6.45, 7) is 0. The first-order valence-electron chi connectivity index (χ1n) is 18.5. The minimum atomic E-state index is 0.552. The summed E-state index contributed by atoms with van der Waals surface area (Å²) in [6.07, 6.45) is 0. The first-order valence-corrected chi connectivity index (χ1v) is 18.5. The molecule has 55 heavy (non-hydrogen) atoms. The summed E-state index contributed by atoms with van der Waals surface area (Å²) in [5.41, 5.74) is 8.90. The molecule has 0 atom stereocenters. The van der Waals surface area contributed by atoms with Gasteiger partial charge in [-0.1, -0.05) is 121 Å². The summed E-state index contributed by atoms with van der Waals surface area (Å²) in [4.78, 5) is 15.6. The second-order valence-corrected chi connectivity index (χ2v) is 14.0. The highest BCUT2D eigenvalue weighted by Gasteiger charge is 2.24. The summed E-state index contributed by atoms with van der Waals surface area (Å²) in [5.74, 6) is 1.73. The van der Waals surface area contributed by atoms with Crippen LogP contribution in [0.3, 0.4) is 0 Å². The zero-order valence-electron chi connectivity index (χ0n) is 29.4. The SMILES string of the molecule is c1ccc(-c2nc(-c3ccc4c(c3)oc3ccccc34)nc(-n3c4ccccc4c4c5c6c7ccccc7ccc6n(-c6ccccc6)c5ccc43)n2)cc1. The van der Waals surface area contributed by atoms with Crippen LogP contribution in [0.25, 0.3) is 111 Å². The molecule has 0 bridgehead atoms. The van der Waals surface area contributed by atoms with Crippen molar-refractivity contribution >= 4 is 76.3 Å². The molecule has 4 heterocycles. The van der Waals surface area contributed by atoms with Crippen LogP contribution in [-0.4, -0.2) is 24.1 Å². The lowest BCUT2D eigenvalue weighted by Crippen LogP contribution is -2.06. The summed E-state index contributed by atoms with van der Waals surface area (Å²) in [6, 6.07) is 61.4. The fraction of sp³-hybridized carbons (Fsp3) is 0. The second-order valence-electron chi connectivity index (χ2n) is 14.0. The summed E-state index contributed by atoms with van der Waals surface area (Å²) in [7, 11) is 0. The third-order valence-electron chi connectivity index (χ3n) is 11.0. The summed E-state index contributed by atoms with van der Waals surface area (Å²) >= 11 is 0. The standard InChI is InChI=1S/C49H29N5O/c1-3-14-31(15-4-1)47-50-48(32-23-25-36-35-19-10-12-22-42(35)55-43(36)29-32)52-49(51-47)54-38-21-11-9-20-37(38)45-40(54)27-28-41-46(45)44-34-18-8-7-13-30(34)24-26-39(44)53(41)33-16-5-2-6-17-33/h1-29H. The number of aromatic nitrogens is 5. The minimum Gasteiger partial charge on any atom is -0.456 e. The Bertz CT molecular complexity index is 3490. The molecule has 12 rings (SSSR count). The lowest BCUT2D eigenvalue weighted by Gasteiger charge is -2.11. The van der Waals surface area contributed by atoms with E-state index in [0.29, 0.717) is 17.6 Å². The van der Waals surface area contributed by atoms with Gasteiger partial charge in [0.1, 0.15) is 11.2 Å². The van der Waals surface area contributed by atoms with E-state index in [4.69, 9.17) is 19.4 Å². The van der Waals surface area contributed by atoms with Crippen molar-refractivity contribution in [1.82, 2.24) is 24.1 Å². The van der Waals surface area contributed by atoms with Gasteiger partial charge in [-0.3, -0.25) is 4.57 Å². The summed E-state index contributed by atoms with van der Waals surface area (Å²) in [5, 5.41) is 9.31. The molecule has 0 fully saturated rings. The minimum absolute atomic E-state index is 0.552. The van der Waals surface area contributed by atoms with Gasteiger partial charge in [0.15, 0.2) is 11.6 Å². The van der Waals surface area contributed by atoms with E-state index in [1.165, 1.54) is 27.1 Å². The molecule has 4 aromatic heterocycles. The molecule has 0 aliphatic carbocycles. The highest BCUT2D eigenvalue weighted by molar-refractivity contribution is 6.33. The molecule has 0 saturated carbocycles. The maximum Gasteiger partial charge on any atom is 0.238 e. The van der Waals surface area contributed by atoms with E-state index in [9.17, 15) is 0 Å². The number of hydrogen-bond acceptors (Lipinski definition) is 4. The zero-order chi connectivity index (χ0) is 36.0. The molecule has 0 radical (unpaired) electrons. The van der Waals surface area contributed by atoms with Crippen LogP contribution in [-0.2, 0) is 0 Å². The molecule has 0 aliphatic heterocycles. The number of nitrogens with zero attached hydrogens (tertiary/aromatic N) is 5. The molecular weight excluding hydrogens is 675 g/mol. The molecule has 8 aromatic carbocycles. The van der Waals surface area contributed by atoms with Crippen molar-refractivity contribution < 1.29 is 4.42 Å². The molecule has 12 aromatic rings. The third kappa shape index (κ3) is 4.39. The maximum atomic E-state index is 6.31. The number of para-hydroxylation sites is 3.